The van der Waals surface area contributed by atoms with Crippen molar-refractivity contribution in [1.29, 1.82) is 0 Å². The molecular formula is C20H19N3O3. The normalized spacial score (nSPS) is 10.5. The summed E-state index contributed by atoms with van der Waals surface area (Å²) >= 11 is 0. The van der Waals surface area contributed by atoms with Gasteiger partial charge in [0.15, 0.2) is 6.79 Å². The predicted molar refractivity (Wildman–Crippen MR) is 101 cm³/mol. The van der Waals surface area contributed by atoms with Crippen LogP contribution in [0.15, 0.2) is 60.8 Å². The highest BCUT2D eigenvalue weighted by Crippen LogP contribution is 2.31. The van der Waals surface area contributed by atoms with Crippen molar-refractivity contribution in [3.8, 4) is 28.0 Å². The van der Waals surface area contributed by atoms with Gasteiger partial charge in [-0.15, -0.1) is 0 Å². The lowest BCUT2D eigenvalue weighted by molar-refractivity contribution is 0.0511. The Labute approximate surface area is 151 Å². The molecule has 6 heteroatoms. The molecule has 1 amide bonds. The Balaban J connectivity index is 1.95. The average molecular weight is 349 g/mol. The van der Waals surface area contributed by atoms with Crippen molar-refractivity contribution in [2.24, 2.45) is 5.73 Å². The number of pyridine rings is 1. The number of hydrogen-bond donors (Lipinski definition) is 2. The molecule has 0 aliphatic carbocycles. The summed E-state index contributed by atoms with van der Waals surface area (Å²) in [6.07, 6.45) is 1.68. The molecule has 4 N–H and O–H groups in total. The number of nitrogen functional groups attached to an aromatic ring is 1. The molecular weight excluding hydrogens is 330 g/mol. The van der Waals surface area contributed by atoms with E-state index in [9.17, 15) is 4.79 Å². The molecule has 0 fully saturated rings. The molecule has 0 bridgehead atoms. The third-order valence-corrected chi connectivity index (χ3v) is 3.91. The van der Waals surface area contributed by atoms with Crippen LogP contribution in [0.5, 0.6) is 5.75 Å². The Morgan fingerprint density at radius 2 is 1.81 bits per heavy atom. The molecule has 1 aromatic heterocycles. The minimum absolute atomic E-state index is 0.189. The highest BCUT2D eigenvalue weighted by Gasteiger charge is 2.09. The van der Waals surface area contributed by atoms with E-state index in [4.69, 9.17) is 20.9 Å². The van der Waals surface area contributed by atoms with E-state index in [1.807, 2.05) is 36.4 Å². The van der Waals surface area contributed by atoms with Gasteiger partial charge in [-0.05, 0) is 41.5 Å². The number of carbonyl (C=O) groups is 1. The van der Waals surface area contributed by atoms with E-state index >= 15 is 0 Å². The summed E-state index contributed by atoms with van der Waals surface area (Å²) in [5.41, 5.74) is 15.3. The molecule has 132 valence electrons. The predicted octanol–water partition coefficient (Wildman–Crippen LogP) is 3.08. The van der Waals surface area contributed by atoms with Gasteiger partial charge in [0.1, 0.15) is 11.6 Å². The highest BCUT2D eigenvalue weighted by molar-refractivity contribution is 5.94. The van der Waals surface area contributed by atoms with Gasteiger partial charge < -0.3 is 20.9 Å². The van der Waals surface area contributed by atoms with Gasteiger partial charge in [0.05, 0.1) is 0 Å². The topological polar surface area (TPSA) is 100 Å². The number of anilines is 1. The molecule has 1 heterocycles. The first kappa shape index (κ1) is 17.4. The van der Waals surface area contributed by atoms with E-state index in [1.165, 1.54) is 0 Å². The Kier molecular flexibility index (Phi) is 5.15. The van der Waals surface area contributed by atoms with E-state index in [0.29, 0.717) is 17.1 Å². The van der Waals surface area contributed by atoms with Gasteiger partial charge in [0, 0.05) is 30.0 Å². The number of nitrogens with zero attached hydrogens (tertiary/aromatic N) is 1. The number of nitrogens with two attached hydrogens (primary N) is 2. The maximum atomic E-state index is 11.4. The van der Waals surface area contributed by atoms with Crippen LogP contribution >= 0.6 is 0 Å². The second-order valence-electron chi connectivity index (χ2n) is 5.68. The average Bonchev–Trinajstić information content (AvgIpc) is 2.67. The minimum Gasteiger partial charge on any atom is -0.468 e. The van der Waals surface area contributed by atoms with Crippen molar-refractivity contribution in [1.82, 2.24) is 4.98 Å². The summed E-state index contributed by atoms with van der Waals surface area (Å²) in [6.45, 7) is 0.189. The summed E-state index contributed by atoms with van der Waals surface area (Å²) in [7, 11) is 1.57. The maximum absolute atomic E-state index is 11.4. The Morgan fingerprint density at radius 1 is 1.04 bits per heavy atom. The molecule has 0 unspecified atom stereocenters. The van der Waals surface area contributed by atoms with Crippen molar-refractivity contribution in [3.63, 3.8) is 0 Å². The number of carbonyl (C=O) groups excluding carboxylic acids is 1. The third-order valence-electron chi connectivity index (χ3n) is 3.91. The van der Waals surface area contributed by atoms with Crippen molar-refractivity contribution in [3.05, 3.63) is 66.4 Å². The molecule has 6 nitrogen and oxygen atoms in total. The Morgan fingerprint density at radius 3 is 2.50 bits per heavy atom. The molecule has 0 atom stereocenters. The van der Waals surface area contributed by atoms with Crippen LogP contribution in [0, 0.1) is 0 Å². The van der Waals surface area contributed by atoms with E-state index < -0.39 is 5.91 Å². The van der Waals surface area contributed by atoms with Crippen LogP contribution in [0.2, 0.25) is 0 Å². The Hall–Kier alpha value is -3.38. The van der Waals surface area contributed by atoms with Crippen LogP contribution in [-0.4, -0.2) is 24.8 Å². The van der Waals surface area contributed by atoms with Gasteiger partial charge in [-0.2, -0.15) is 0 Å². The van der Waals surface area contributed by atoms with Crippen molar-refractivity contribution in [2.45, 2.75) is 0 Å². The van der Waals surface area contributed by atoms with Gasteiger partial charge in [0.2, 0.25) is 5.91 Å². The fourth-order valence-electron chi connectivity index (χ4n) is 2.57. The van der Waals surface area contributed by atoms with Gasteiger partial charge in [-0.3, -0.25) is 4.79 Å². The number of amides is 1. The number of hydrogen-bond acceptors (Lipinski definition) is 5. The fraction of sp³-hybridized carbons (Fsp3) is 0.100. The summed E-state index contributed by atoms with van der Waals surface area (Å²) in [4.78, 5) is 15.7. The molecule has 2 aromatic carbocycles. The number of rotatable bonds is 6. The zero-order chi connectivity index (χ0) is 18.5. The van der Waals surface area contributed by atoms with Gasteiger partial charge in [-0.25, -0.2) is 4.98 Å². The lowest BCUT2D eigenvalue weighted by Crippen LogP contribution is -2.10. The first-order chi connectivity index (χ1) is 12.6. The first-order valence-electron chi connectivity index (χ1n) is 7.96. The smallest absolute Gasteiger partial charge is 0.248 e. The second-order valence-corrected chi connectivity index (χ2v) is 5.68. The number of ether oxygens (including phenoxy) is 2. The second kappa shape index (κ2) is 7.67. The summed E-state index contributed by atoms with van der Waals surface area (Å²) in [6, 6.07) is 16.5. The molecule has 3 rings (SSSR count). The highest BCUT2D eigenvalue weighted by atomic mass is 16.7. The van der Waals surface area contributed by atoms with Crippen LogP contribution in [0.25, 0.3) is 22.3 Å². The standard InChI is InChI=1S/C20H19N3O3/c1-25-12-26-17-7-5-13(6-8-17)18-10-16(11-23-19(18)21)14-3-2-4-15(9-14)20(22)24/h2-11H,12H2,1H3,(H2,21,23)(H2,22,24). The zero-order valence-corrected chi connectivity index (χ0v) is 14.3. The number of benzene rings is 2. The molecule has 26 heavy (non-hydrogen) atoms. The maximum Gasteiger partial charge on any atom is 0.248 e. The molecule has 0 saturated heterocycles. The van der Waals surface area contributed by atoms with E-state index in [-0.39, 0.29) is 6.79 Å². The number of primary amides is 1. The van der Waals surface area contributed by atoms with E-state index in [1.54, 1.807) is 31.5 Å². The zero-order valence-electron chi connectivity index (χ0n) is 14.3. The minimum atomic E-state index is -0.470. The first-order valence-corrected chi connectivity index (χ1v) is 7.96. The van der Waals surface area contributed by atoms with Crippen molar-refractivity contribution < 1.29 is 14.3 Å². The fourth-order valence-corrected chi connectivity index (χ4v) is 2.57. The summed E-state index contributed by atoms with van der Waals surface area (Å²) in [5, 5.41) is 0. The molecule has 0 spiro atoms. The van der Waals surface area contributed by atoms with Crippen LogP contribution in [0.1, 0.15) is 10.4 Å². The van der Waals surface area contributed by atoms with Gasteiger partial charge in [-0.1, -0.05) is 24.3 Å². The van der Waals surface area contributed by atoms with E-state index in [2.05, 4.69) is 4.98 Å². The van der Waals surface area contributed by atoms with Gasteiger partial charge in [0.25, 0.3) is 0 Å². The van der Waals surface area contributed by atoms with Crippen LogP contribution in [-0.2, 0) is 4.74 Å². The molecule has 3 aromatic rings. The Bertz CT molecular complexity index is 924. The monoisotopic (exact) mass is 349 g/mol. The molecule has 0 radical (unpaired) electrons. The van der Waals surface area contributed by atoms with Crippen molar-refractivity contribution >= 4 is 11.7 Å². The largest absolute Gasteiger partial charge is 0.468 e. The van der Waals surface area contributed by atoms with Crippen molar-refractivity contribution in [2.75, 3.05) is 19.6 Å². The SMILES string of the molecule is COCOc1ccc(-c2cc(-c3cccc(C(N)=O)c3)cnc2N)cc1. The quantitative estimate of drug-likeness (QED) is 0.666. The molecule has 0 aliphatic heterocycles. The van der Waals surface area contributed by atoms with Gasteiger partial charge >= 0.3 is 0 Å². The molecule has 0 saturated carbocycles. The summed E-state index contributed by atoms with van der Waals surface area (Å²) in [5.74, 6) is 0.653. The lowest BCUT2D eigenvalue weighted by atomic mass is 9.99. The van der Waals surface area contributed by atoms with Crippen LogP contribution in [0.4, 0.5) is 5.82 Å². The summed E-state index contributed by atoms with van der Waals surface area (Å²) < 4.78 is 10.3. The van der Waals surface area contributed by atoms with E-state index in [0.717, 1.165) is 22.3 Å². The third kappa shape index (κ3) is 3.81. The lowest BCUT2D eigenvalue weighted by Gasteiger charge is -2.10. The van der Waals surface area contributed by atoms with Crippen LogP contribution < -0.4 is 16.2 Å². The number of methoxy groups -OCH3 is 1. The number of aromatic nitrogens is 1. The van der Waals surface area contributed by atoms with Crippen LogP contribution in [0.3, 0.4) is 0 Å². The molecule has 0 aliphatic rings.